The summed E-state index contributed by atoms with van der Waals surface area (Å²) < 4.78 is 21.4. The topological polar surface area (TPSA) is 60.6 Å². The molecule has 0 spiro atoms. The third-order valence-electron chi connectivity index (χ3n) is 7.07. The lowest BCUT2D eigenvalue weighted by Crippen LogP contribution is -3.13. The average Bonchev–Trinajstić information content (AvgIpc) is 3.23. The standard InChI is InChI=1S/C27H28FN5O/c1-4-20-18(2)21(16-29)26-30-23-7-5-6-8-24(23)33(26)27(20)32-13-11-31(12-14-32)17-19-9-10-25(34-3)22(28)15-19/h5-10,15H,4,11-14,17H2,1-3H3/p+2. The average molecular weight is 460 g/mol. The number of imidazole rings is 1. The van der Waals surface area contributed by atoms with Crippen molar-refractivity contribution >= 4 is 22.5 Å². The summed E-state index contributed by atoms with van der Waals surface area (Å²) in [4.78, 5) is 7.38. The van der Waals surface area contributed by atoms with Crippen molar-refractivity contribution in [3.05, 3.63) is 70.5 Å². The third kappa shape index (κ3) is 3.64. The Balaban J connectivity index is 1.48. The summed E-state index contributed by atoms with van der Waals surface area (Å²) in [5.41, 5.74) is 6.94. The molecule has 5 rings (SSSR count). The van der Waals surface area contributed by atoms with E-state index in [0.29, 0.717) is 5.56 Å². The summed E-state index contributed by atoms with van der Waals surface area (Å²) in [5, 5.41) is 9.96. The highest BCUT2D eigenvalue weighted by atomic mass is 19.1. The smallest absolute Gasteiger partial charge is 0.250 e. The van der Waals surface area contributed by atoms with Gasteiger partial charge >= 0.3 is 0 Å². The molecule has 1 aliphatic rings. The Morgan fingerprint density at radius 2 is 1.97 bits per heavy atom. The zero-order valence-electron chi connectivity index (χ0n) is 19.9. The highest BCUT2D eigenvalue weighted by Gasteiger charge is 2.32. The van der Waals surface area contributed by atoms with Gasteiger partial charge in [-0.1, -0.05) is 19.1 Å². The molecule has 2 aromatic heterocycles. The molecule has 2 N–H and O–H groups in total. The van der Waals surface area contributed by atoms with Crippen LogP contribution in [-0.4, -0.2) is 38.3 Å². The van der Waals surface area contributed by atoms with E-state index in [9.17, 15) is 9.65 Å². The minimum Gasteiger partial charge on any atom is -0.494 e. The number of methoxy groups -OCH3 is 1. The van der Waals surface area contributed by atoms with E-state index in [1.807, 2.05) is 18.2 Å². The number of fused-ring (bicyclic) bond motifs is 3. The van der Waals surface area contributed by atoms with Gasteiger partial charge < -0.3 is 9.64 Å². The number of ether oxygens (including phenoxy) is 1. The summed E-state index contributed by atoms with van der Waals surface area (Å²) in [6.07, 6.45) is 0.858. The molecule has 1 aliphatic heterocycles. The van der Waals surface area contributed by atoms with Crippen molar-refractivity contribution in [2.75, 3.05) is 38.2 Å². The van der Waals surface area contributed by atoms with Crippen molar-refractivity contribution in [1.29, 1.82) is 5.26 Å². The van der Waals surface area contributed by atoms with Crippen molar-refractivity contribution in [1.82, 2.24) is 4.98 Å². The fourth-order valence-corrected chi connectivity index (χ4v) is 5.32. The lowest BCUT2D eigenvalue weighted by Gasteiger charge is -2.31. The number of quaternary nitrogens is 1. The number of piperazine rings is 1. The molecule has 7 heteroatoms. The van der Waals surface area contributed by atoms with Crippen LogP contribution in [0.25, 0.3) is 16.7 Å². The maximum Gasteiger partial charge on any atom is 0.250 e. The molecule has 2 aromatic carbocycles. The van der Waals surface area contributed by atoms with Gasteiger partial charge in [0.05, 0.1) is 7.11 Å². The number of nitriles is 1. The number of rotatable bonds is 5. The van der Waals surface area contributed by atoms with E-state index >= 15 is 0 Å². The maximum absolute atomic E-state index is 14.1. The van der Waals surface area contributed by atoms with Crippen molar-refractivity contribution in [3.8, 4) is 11.8 Å². The van der Waals surface area contributed by atoms with Gasteiger partial charge in [-0.2, -0.15) is 9.66 Å². The molecule has 1 saturated heterocycles. The van der Waals surface area contributed by atoms with Gasteiger partial charge in [0.1, 0.15) is 55.4 Å². The summed E-state index contributed by atoms with van der Waals surface area (Å²) >= 11 is 0. The molecule has 0 bridgehead atoms. The number of nitrogens with zero attached hydrogens (tertiary/aromatic N) is 3. The van der Waals surface area contributed by atoms with Gasteiger partial charge in [-0.15, -0.1) is 0 Å². The summed E-state index contributed by atoms with van der Waals surface area (Å²) in [5.74, 6) is 1.16. The van der Waals surface area contributed by atoms with Crippen LogP contribution in [0, 0.1) is 24.1 Å². The number of para-hydroxylation sites is 2. The first-order valence-electron chi connectivity index (χ1n) is 11.8. The SMILES string of the molecule is CCc1c(C)c(C#N)c2[nH]c3ccccc3[n+]2c1N1CC[NH+](Cc2ccc(OC)c(F)c2)CC1. The Bertz CT molecular complexity index is 1410. The number of anilines is 1. The Morgan fingerprint density at radius 1 is 1.21 bits per heavy atom. The van der Waals surface area contributed by atoms with E-state index in [1.54, 1.807) is 12.1 Å². The van der Waals surface area contributed by atoms with Crippen LogP contribution < -0.4 is 18.9 Å². The molecule has 3 heterocycles. The third-order valence-corrected chi connectivity index (χ3v) is 7.07. The molecule has 0 aliphatic carbocycles. The van der Waals surface area contributed by atoms with Gasteiger partial charge in [-0.05, 0) is 49.2 Å². The Labute approximate surface area is 198 Å². The molecule has 0 atom stereocenters. The number of aromatic nitrogens is 2. The van der Waals surface area contributed by atoms with Crippen molar-refractivity contribution in [2.45, 2.75) is 26.8 Å². The number of H-pyrrole nitrogens is 1. The normalized spacial score (nSPS) is 14.6. The van der Waals surface area contributed by atoms with E-state index < -0.39 is 0 Å². The molecule has 0 radical (unpaired) electrons. The van der Waals surface area contributed by atoms with Gasteiger partial charge in [-0.25, -0.2) is 4.39 Å². The van der Waals surface area contributed by atoms with E-state index in [2.05, 4.69) is 46.3 Å². The fraction of sp³-hybridized carbons (Fsp3) is 0.333. The van der Waals surface area contributed by atoms with Crippen LogP contribution in [0.5, 0.6) is 5.75 Å². The maximum atomic E-state index is 14.1. The number of nitrogens with one attached hydrogen (secondary N) is 2. The van der Waals surface area contributed by atoms with Crippen LogP contribution in [-0.2, 0) is 13.0 Å². The van der Waals surface area contributed by atoms with Crippen LogP contribution in [0.15, 0.2) is 42.5 Å². The van der Waals surface area contributed by atoms with Crippen LogP contribution in [0.4, 0.5) is 10.2 Å². The quantitative estimate of drug-likeness (QED) is 0.451. The van der Waals surface area contributed by atoms with E-state index in [4.69, 9.17) is 4.74 Å². The Kier molecular flexibility index (Phi) is 5.84. The highest BCUT2D eigenvalue weighted by molar-refractivity contribution is 5.78. The molecule has 0 amide bonds. The van der Waals surface area contributed by atoms with Crippen LogP contribution in [0.2, 0.25) is 0 Å². The van der Waals surface area contributed by atoms with E-state index in [1.165, 1.54) is 23.4 Å². The molecular formula is C27H30FN5O+2. The number of halogens is 1. The fourth-order valence-electron chi connectivity index (χ4n) is 5.32. The predicted molar refractivity (Wildman–Crippen MR) is 130 cm³/mol. The minimum atomic E-state index is -0.309. The number of aromatic amines is 1. The second kappa shape index (κ2) is 8.96. The molecule has 1 fully saturated rings. The van der Waals surface area contributed by atoms with Crippen LogP contribution >= 0.6 is 0 Å². The zero-order chi connectivity index (χ0) is 23.8. The van der Waals surface area contributed by atoms with E-state index in [0.717, 1.165) is 67.0 Å². The summed E-state index contributed by atoms with van der Waals surface area (Å²) in [6, 6.07) is 15.9. The Morgan fingerprint density at radius 3 is 2.65 bits per heavy atom. The van der Waals surface area contributed by atoms with Gasteiger partial charge in [0.25, 0.3) is 0 Å². The van der Waals surface area contributed by atoms with Gasteiger partial charge in [-0.3, -0.25) is 9.88 Å². The van der Waals surface area contributed by atoms with Gasteiger partial charge in [0, 0.05) is 11.1 Å². The van der Waals surface area contributed by atoms with Crippen molar-refractivity contribution in [3.63, 3.8) is 0 Å². The van der Waals surface area contributed by atoms with Crippen molar-refractivity contribution in [2.24, 2.45) is 0 Å². The summed E-state index contributed by atoms with van der Waals surface area (Å²) in [7, 11) is 1.49. The highest BCUT2D eigenvalue weighted by Crippen LogP contribution is 2.28. The van der Waals surface area contributed by atoms with Crippen LogP contribution in [0.3, 0.4) is 0 Å². The summed E-state index contributed by atoms with van der Waals surface area (Å²) in [6.45, 7) is 8.72. The molecule has 4 aromatic rings. The first kappa shape index (κ1) is 22.2. The first-order valence-corrected chi connectivity index (χ1v) is 11.8. The second-order valence-electron chi connectivity index (χ2n) is 8.98. The lowest BCUT2D eigenvalue weighted by atomic mass is 10.0. The molecular weight excluding hydrogens is 429 g/mol. The number of hydrogen-bond acceptors (Lipinski definition) is 3. The molecule has 0 unspecified atom stereocenters. The number of hydrogen-bond donors (Lipinski definition) is 2. The van der Waals surface area contributed by atoms with E-state index in [-0.39, 0.29) is 11.6 Å². The number of benzene rings is 2. The molecule has 0 saturated carbocycles. The van der Waals surface area contributed by atoms with Crippen molar-refractivity contribution < 1.29 is 18.4 Å². The zero-order valence-corrected chi connectivity index (χ0v) is 19.9. The molecule has 6 nitrogen and oxygen atoms in total. The largest absolute Gasteiger partial charge is 0.494 e. The van der Waals surface area contributed by atoms with Gasteiger partial charge in [0.2, 0.25) is 11.5 Å². The monoisotopic (exact) mass is 459 g/mol. The molecule has 174 valence electrons. The van der Waals surface area contributed by atoms with Crippen LogP contribution in [0.1, 0.15) is 29.2 Å². The number of pyridine rings is 1. The molecule has 34 heavy (non-hydrogen) atoms. The predicted octanol–water partition coefficient (Wildman–Crippen LogP) is 2.70. The minimum absolute atomic E-state index is 0.284. The van der Waals surface area contributed by atoms with Gasteiger partial charge in [0.15, 0.2) is 11.6 Å². The second-order valence-corrected chi connectivity index (χ2v) is 8.98. The lowest BCUT2D eigenvalue weighted by molar-refractivity contribution is -0.914. The Hall–Kier alpha value is -3.63. The first-order chi connectivity index (χ1) is 16.5.